The number of carboxylic acid groups (broad SMARTS) is 1. The summed E-state index contributed by atoms with van der Waals surface area (Å²) in [6, 6.07) is 13.2. The van der Waals surface area contributed by atoms with Crippen LogP contribution in [0.25, 0.3) is 10.8 Å². The molecular weight excluding hydrogens is 414 g/mol. The minimum Gasteiger partial charge on any atom is -0.492 e. The van der Waals surface area contributed by atoms with Crippen LogP contribution in [0.4, 0.5) is 0 Å². The van der Waals surface area contributed by atoms with Crippen molar-refractivity contribution in [3.8, 4) is 5.75 Å². The second kappa shape index (κ2) is 9.56. The number of benzene rings is 2. The monoisotopic (exact) mass is 449 g/mol. The molecule has 1 fully saturated rings. The van der Waals surface area contributed by atoms with Crippen LogP contribution in [0, 0.1) is 5.41 Å². The van der Waals surface area contributed by atoms with Gasteiger partial charge in [0, 0.05) is 24.5 Å². The third-order valence-electron chi connectivity index (χ3n) is 7.48. The molecule has 2 atom stereocenters. The average Bonchev–Trinajstić information content (AvgIpc) is 3.50. The molecule has 2 N–H and O–H groups in total. The molecule has 0 bridgehead atoms. The van der Waals surface area contributed by atoms with Crippen molar-refractivity contribution in [2.24, 2.45) is 5.41 Å². The van der Waals surface area contributed by atoms with Crippen LogP contribution in [0.15, 0.2) is 48.8 Å². The summed E-state index contributed by atoms with van der Waals surface area (Å²) in [5, 5.41) is 11.9. The lowest BCUT2D eigenvalue weighted by atomic mass is 9.87. The summed E-state index contributed by atoms with van der Waals surface area (Å²) in [6.07, 6.45) is 6.98. The van der Waals surface area contributed by atoms with Crippen molar-refractivity contribution in [2.75, 3.05) is 13.7 Å². The third kappa shape index (κ3) is 4.76. The molecule has 0 aliphatic heterocycles. The SMILES string of the molecule is CC(C)N(C)C(C)C(c1ccc2cc(OCC3(C(=O)O)CCCC3)ccc2c1)c1ncc[nH]1. The van der Waals surface area contributed by atoms with Gasteiger partial charge in [-0.05, 0) is 69.1 Å². The van der Waals surface area contributed by atoms with E-state index in [2.05, 4.69) is 67.0 Å². The number of hydrogen-bond acceptors (Lipinski definition) is 4. The topological polar surface area (TPSA) is 78.4 Å². The van der Waals surface area contributed by atoms with Crippen LogP contribution in [0.2, 0.25) is 0 Å². The Morgan fingerprint density at radius 3 is 2.48 bits per heavy atom. The average molecular weight is 450 g/mol. The fourth-order valence-corrected chi connectivity index (χ4v) is 5.04. The Balaban J connectivity index is 1.59. The quantitative estimate of drug-likeness (QED) is 0.454. The first-order chi connectivity index (χ1) is 15.8. The highest BCUT2D eigenvalue weighted by molar-refractivity contribution is 5.84. The molecule has 6 nitrogen and oxygen atoms in total. The second-order valence-electron chi connectivity index (χ2n) is 9.80. The van der Waals surface area contributed by atoms with Crippen LogP contribution >= 0.6 is 0 Å². The number of ether oxygens (including phenoxy) is 1. The molecule has 0 amide bonds. The molecule has 176 valence electrons. The third-order valence-corrected chi connectivity index (χ3v) is 7.48. The highest BCUT2D eigenvalue weighted by Gasteiger charge is 2.42. The van der Waals surface area contributed by atoms with Crippen LogP contribution in [0.3, 0.4) is 0 Å². The van der Waals surface area contributed by atoms with E-state index in [1.54, 1.807) is 0 Å². The van der Waals surface area contributed by atoms with Crippen molar-refractivity contribution in [1.82, 2.24) is 14.9 Å². The number of aromatic nitrogens is 2. The maximum Gasteiger partial charge on any atom is 0.313 e. The van der Waals surface area contributed by atoms with Crippen molar-refractivity contribution in [2.45, 2.75) is 64.5 Å². The summed E-state index contributed by atoms with van der Waals surface area (Å²) in [4.78, 5) is 22.1. The zero-order valence-corrected chi connectivity index (χ0v) is 20.0. The molecular formula is C27H35N3O3. The number of carbonyl (C=O) groups is 1. The smallest absolute Gasteiger partial charge is 0.313 e. The summed E-state index contributed by atoms with van der Waals surface area (Å²) >= 11 is 0. The van der Waals surface area contributed by atoms with E-state index < -0.39 is 11.4 Å². The molecule has 3 aromatic rings. The van der Waals surface area contributed by atoms with Crippen molar-refractivity contribution in [3.05, 3.63) is 60.2 Å². The van der Waals surface area contributed by atoms with E-state index in [0.717, 1.165) is 35.2 Å². The Morgan fingerprint density at radius 2 is 1.85 bits per heavy atom. The first kappa shape index (κ1) is 23.3. The minimum atomic E-state index is -0.742. The van der Waals surface area contributed by atoms with Gasteiger partial charge in [-0.1, -0.05) is 37.1 Å². The van der Waals surface area contributed by atoms with Crippen LogP contribution < -0.4 is 4.74 Å². The number of nitrogens with zero attached hydrogens (tertiary/aromatic N) is 2. The number of likely N-dealkylation sites (N-methyl/N-ethyl adjacent to an activating group) is 1. The van der Waals surface area contributed by atoms with Crippen LogP contribution in [-0.4, -0.2) is 51.7 Å². The van der Waals surface area contributed by atoms with E-state index in [1.165, 1.54) is 5.56 Å². The number of hydrogen-bond donors (Lipinski definition) is 2. The summed E-state index contributed by atoms with van der Waals surface area (Å²) in [6.45, 7) is 6.89. The molecule has 6 heteroatoms. The van der Waals surface area contributed by atoms with Crippen molar-refractivity contribution < 1.29 is 14.6 Å². The molecule has 2 unspecified atom stereocenters. The van der Waals surface area contributed by atoms with Gasteiger partial charge in [0.05, 0.1) is 5.92 Å². The Kier molecular flexibility index (Phi) is 6.75. The van der Waals surface area contributed by atoms with E-state index in [-0.39, 0.29) is 18.6 Å². The lowest BCUT2D eigenvalue weighted by Gasteiger charge is -2.34. The normalized spacial score (nSPS) is 17.5. The maximum absolute atomic E-state index is 11.8. The molecule has 0 spiro atoms. The van der Waals surface area contributed by atoms with Gasteiger partial charge < -0.3 is 19.7 Å². The van der Waals surface area contributed by atoms with Gasteiger partial charge >= 0.3 is 5.97 Å². The standard InChI is InChI=1S/C27H35N3O3/c1-18(2)30(4)19(3)24(25-28-13-14-29-25)22-8-7-21-16-23(10-9-20(21)15-22)33-17-27(26(31)32)11-5-6-12-27/h7-10,13-16,18-19,24H,5-6,11-12,17H2,1-4H3,(H,28,29)(H,31,32). The Morgan fingerprint density at radius 1 is 1.15 bits per heavy atom. The van der Waals surface area contributed by atoms with Gasteiger partial charge in [0.15, 0.2) is 0 Å². The summed E-state index contributed by atoms with van der Waals surface area (Å²) in [5.41, 5.74) is 0.468. The Hall–Kier alpha value is -2.86. The van der Waals surface area contributed by atoms with Gasteiger partial charge in [0.25, 0.3) is 0 Å². The second-order valence-corrected chi connectivity index (χ2v) is 9.80. The molecule has 1 aliphatic carbocycles. The Bertz CT molecular complexity index is 1090. The first-order valence-corrected chi connectivity index (χ1v) is 11.9. The number of H-pyrrole nitrogens is 1. The van der Waals surface area contributed by atoms with Gasteiger partial charge in [0.1, 0.15) is 23.6 Å². The molecule has 1 aliphatic rings. The van der Waals surface area contributed by atoms with Crippen LogP contribution in [0.1, 0.15) is 63.8 Å². The van der Waals surface area contributed by atoms with Crippen molar-refractivity contribution in [1.29, 1.82) is 0 Å². The largest absolute Gasteiger partial charge is 0.492 e. The molecule has 0 saturated heterocycles. The van der Waals surface area contributed by atoms with Gasteiger partial charge in [0.2, 0.25) is 0 Å². The molecule has 4 rings (SSSR count). The molecule has 2 aromatic carbocycles. The number of imidazole rings is 1. The van der Waals surface area contributed by atoms with E-state index >= 15 is 0 Å². The van der Waals surface area contributed by atoms with Gasteiger partial charge in [-0.3, -0.25) is 4.79 Å². The maximum atomic E-state index is 11.8. The van der Waals surface area contributed by atoms with Gasteiger partial charge in [-0.25, -0.2) is 4.98 Å². The fraction of sp³-hybridized carbons (Fsp3) is 0.481. The van der Waals surface area contributed by atoms with Crippen molar-refractivity contribution in [3.63, 3.8) is 0 Å². The zero-order chi connectivity index (χ0) is 23.6. The van der Waals surface area contributed by atoms with E-state index in [0.29, 0.717) is 18.9 Å². The van der Waals surface area contributed by atoms with E-state index in [9.17, 15) is 9.90 Å². The molecule has 0 radical (unpaired) electrons. The number of carboxylic acids is 1. The molecule has 1 saturated carbocycles. The van der Waals surface area contributed by atoms with Crippen LogP contribution in [-0.2, 0) is 4.79 Å². The number of aliphatic carboxylic acids is 1. The summed E-state index contributed by atoms with van der Waals surface area (Å²) < 4.78 is 5.99. The van der Waals surface area contributed by atoms with Gasteiger partial charge in [-0.15, -0.1) is 0 Å². The first-order valence-electron chi connectivity index (χ1n) is 11.9. The number of nitrogens with one attached hydrogen (secondary N) is 1. The number of aromatic amines is 1. The minimum absolute atomic E-state index is 0.116. The Labute approximate surface area is 196 Å². The highest BCUT2D eigenvalue weighted by atomic mass is 16.5. The fourth-order valence-electron chi connectivity index (χ4n) is 5.04. The molecule has 1 aromatic heterocycles. The number of fused-ring (bicyclic) bond motifs is 1. The van der Waals surface area contributed by atoms with E-state index in [4.69, 9.17) is 4.74 Å². The predicted octanol–water partition coefficient (Wildman–Crippen LogP) is 5.45. The summed E-state index contributed by atoms with van der Waals surface area (Å²) in [5.74, 6) is 1.06. The molecule has 1 heterocycles. The van der Waals surface area contributed by atoms with Gasteiger partial charge in [-0.2, -0.15) is 0 Å². The lowest BCUT2D eigenvalue weighted by Crippen LogP contribution is -2.39. The van der Waals surface area contributed by atoms with Crippen molar-refractivity contribution >= 4 is 16.7 Å². The lowest BCUT2D eigenvalue weighted by molar-refractivity contribution is -0.150. The predicted molar refractivity (Wildman–Crippen MR) is 131 cm³/mol. The molecule has 33 heavy (non-hydrogen) atoms. The number of rotatable bonds is 9. The van der Waals surface area contributed by atoms with Crippen LogP contribution in [0.5, 0.6) is 5.75 Å². The summed E-state index contributed by atoms with van der Waals surface area (Å²) in [7, 11) is 2.16. The van der Waals surface area contributed by atoms with E-state index in [1.807, 2.05) is 24.5 Å². The highest BCUT2D eigenvalue weighted by Crippen LogP contribution is 2.39. The zero-order valence-electron chi connectivity index (χ0n) is 20.0.